The molecule has 0 amide bonds. The summed E-state index contributed by atoms with van der Waals surface area (Å²) in [4.78, 5) is 28.4. The van der Waals surface area contributed by atoms with Gasteiger partial charge in [-0.2, -0.15) is 13.2 Å². The average molecular weight is 292 g/mol. The van der Waals surface area contributed by atoms with Crippen molar-refractivity contribution in [3.8, 4) is 5.69 Å². The van der Waals surface area contributed by atoms with E-state index in [1.807, 2.05) is 0 Å². The van der Waals surface area contributed by atoms with Gasteiger partial charge in [0.15, 0.2) is 0 Å². The Labute approximate surface area is 108 Å². The van der Waals surface area contributed by atoms with Crippen LogP contribution in [0, 0.1) is 0 Å². The van der Waals surface area contributed by atoms with Crippen LogP contribution in [0.25, 0.3) is 5.69 Å². The number of alkyl halides is 3. The van der Waals surface area contributed by atoms with Crippen LogP contribution < -0.4 is 11.2 Å². The SMILES string of the molecule is O=c1cc(Cl)[nH]c(=O)n1-c1ccc(C(F)(F)F)nc1. The fourth-order valence-corrected chi connectivity index (χ4v) is 1.57. The van der Waals surface area contributed by atoms with Gasteiger partial charge in [-0.25, -0.2) is 14.3 Å². The Kier molecular flexibility index (Phi) is 3.19. The van der Waals surface area contributed by atoms with Crippen molar-refractivity contribution in [2.75, 3.05) is 0 Å². The first-order chi connectivity index (χ1) is 8.79. The summed E-state index contributed by atoms with van der Waals surface area (Å²) >= 11 is 5.46. The molecule has 0 fully saturated rings. The molecule has 0 unspecified atom stereocenters. The molecule has 2 aromatic rings. The maximum absolute atomic E-state index is 12.3. The van der Waals surface area contributed by atoms with E-state index >= 15 is 0 Å². The molecule has 2 heterocycles. The minimum absolute atomic E-state index is 0.0871. The van der Waals surface area contributed by atoms with Crippen LogP contribution in [-0.2, 0) is 6.18 Å². The summed E-state index contributed by atoms with van der Waals surface area (Å²) in [5.74, 6) is 0. The van der Waals surface area contributed by atoms with E-state index in [4.69, 9.17) is 11.6 Å². The lowest BCUT2D eigenvalue weighted by atomic mass is 10.3. The summed E-state index contributed by atoms with van der Waals surface area (Å²) in [7, 11) is 0. The van der Waals surface area contributed by atoms with Crippen LogP contribution in [0.4, 0.5) is 13.2 Å². The van der Waals surface area contributed by atoms with Crippen molar-refractivity contribution in [2.45, 2.75) is 6.18 Å². The number of aromatic amines is 1. The number of rotatable bonds is 1. The van der Waals surface area contributed by atoms with Gasteiger partial charge in [-0.15, -0.1) is 0 Å². The van der Waals surface area contributed by atoms with Crippen molar-refractivity contribution < 1.29 is 13.2 Å². The largest absolute Gasteiger partial charge is 0.433 e. The van der Waals surface area contributed by atoms with E-state index in [0.717, 1.165) is 18.3 Å². The fourth-order valence-electron chi connectivity index (χ4n) is 1.40. The van der Waals surface area contributed by atoms with Crippen molar-refractivity contribution in [3.63, 3.8) is 0 Å². The van der Waals surface area contributed by atoms with Gasteiger partial charge in [0.1, 0.15) is 10.8 Å². The Bertz CT molecular complexity index is 687. The maximum Gasteiger partial charge on any atom is 0.433 e. The minimum Gasteiger partial charge on any atom is -0.297 e. The monoisotopic (exact) mass is 291 g/mol. The molecular formula is C10H5ClF3N3O2. The van der Waals surface area contributed by atoms with E-state index in [9.17, 15) is 22.8 Å². The van der Waals surface area contributed by atoms with Crippen LogP contribution in [0.1, 0.15) is 5.69 Å². The quantitative estimate of drug-likeness (QED) is 0.811. The molecule has 0 aliphatic heterocycles. The Balaban J connectivity index is 2.56. The highest BCUT2D eigenvalue weighted by Crippen LogP contribution is 2.27. The lowest BCUT2D eigenvalue weighted by Gasteiger charge is -2.07. The third kappa shape index (κ3) is 2.68. The first kappa shape index (κ1) is 13.3. The Morgan fingerprint density at radius 2 is 1.95 bits per heavy atom. The molecule has 0 aliphatic rings. The second kappa shape index (κ2) is 4.54. The molecule has 0 spiro atoms. The lowest BCUT2D eigenvalue weighted by Crippen LogP contribution is -2.33. The van der Waals surface area contributed by atoms with Crippen LogP contribution in [0.15, 0.2) is 34.0 Å². The van der Waals surface area contributed by atoms with Crippen molar-refractivity contribution >= 4 is 11.6 Å². The highest BCUT2D eigenvalue weighted by atomic mass is 35.5. The lowest BCUT2D eigenvalue weighted by molar-refractivity contribution is -0.141. The number of pyridine rings is 1. The van der Waals surface area contributed by atoms with Crippen molar-refractivity contribution in [2.24, 2.45) is 0 Å². The normalized spacial score (nSPS) is 11.6. The average Bonchev–Trinajstić information content (AvgIpc) is 2.27. The number of H-pyrrole nitrogens is 1. The molecule has 0 aromatic carbocycles. The van der Waals surface area contributed by atoms with Crippen molar-refractivity contribution in [3.05, 3.63) is 56.1 Å². The molecule has 0 radical (unpaired) electrons. The number of nitrogens with one attached hydrogen (secondary N) is 1. The second-order valence-electron chi connectivity index (χ2n) is 3.50. The van der Waals surface area contributed by atoms with E-state index in [0.29, 0.717) is 10.6 Å². The molecule has 19 heavy (non-hydrogen) atoms. The molecule has 5 nitrogen and oxygen atoms in total. The number of halogens is 4. The highest BCUT2D eigenvalue weighted by Gasteiger charge is 2.32. The van der Waals surface area contributed by atoms with Gasteiger partial charge in [-0.05, 0) is 12.1 Å². The first-order valence-electron chi connectivity index (χ1n) is 4.84. The van der Waals surface area contributed by atoms with Gasteiger partial charge in [0.05, 0.1) is 11.9 Å². The van der Waals surface area contributed by atoms with Crippen LogP contribution in [0.3, 0.4) is 0 Å². The molecule has 0 saturated heterocycles. The van der Waals surface area contributed by atoms with Gasteiger partial charge >= 0.3 is 11.9 Å². The van der Waals surface area contributed by atoms with Gasteiger partial charge in [0, 0.05) is 6.07 Å². The van der Waals surface area contributed by atoms with Gasteiger partial charge < -0.3 is 0 Å². The van der Waals surface area contributed by atoms with Gasteiger partial charge in [0.2, 0.25) is 0 Å². The topological polar surface area (TPSA) is 67.8 Å². The van der Waals surface area contributed by atoms with Gasteiger partial charge in [-0.1, -0.05) is 11.6 Å². The number of nitrogens with zero attached hydrogens (tertiary/aromatic N) is 2. The van der Waals surface area contributed by atoms with E-state index in [2.05, 4.69) is 9.97 Å². The second-order valence-corrected chi connectivity index (χ2v) is 3.90. The van der Waals surface area contributed by atoms with E-state index in [1.54, 1.807) is 0 Å². The van der Waals surface area contributed by atoms with E-state index in [1.165, 1.54) is 0 Å². The summed E-state index contributed by atoms with van der Waals surface area (Å²) in [6.45, 7) is 0. The van der Waals surface area contributed by atoms with E-state index in [-0.39, 0.29) is 10.8 Å². The summed E-state index contributed by atoms with van der Waals surface area (Å²) in [6, 6.07) is 2.58. The molecule has 1 N–H and O–H groups in total. The standard InChI is InChI=1S/C10H5ClF3N3O2/c11-7-3-8(18)17(9(19)16-7)5-1-2-6(15-4-5)10(12,13)14/h1-4H,(H,16,19). The molecule has 9 heteroatoms. The minimum atomic E-state index is -4.59. The molecule has 0 atom stereocenters. The predicted molar refractivity (Wildman–Crippen MR) is 60.5 cm³/mol. The number of hydrogen-bond donors (Lipinski definition) is 1. The van der Waals surface area contributed by atoms with Crippen LogP contribution in [0.5, 0.6) is 0 Å². The first-order valence-corrected chi connectivity index (χ1v) is 5.22. The molecule has 0 aliphatic carbocycles. The number of hydrogen-bond acceptors (Lipinski definition) is 3. The molecular weight excluding hydrogens is 287 g/mol. The third-order valence-electron chi connectivity index (χ3n) is 2.20. The zero-order chi connectivity index (χ0) is 14.2. The van der Waals surface area contributed by atoms with Crippen LogP contribution in [-0.4, -0.2) is 14.5 Å². The molecule has 0 saturated carbocycles. The van der Waals surface area contributed by atoms with Crippen molar-refractivity contribution in [1.29, 1.82) is 0 Å². The zero-order valence-electron chi connectivity index (χ0n) is 9.03. The molecule has 0 bridgehead atoms. The highest BCUT2D eigenvalue weighted by molar-refractivity contribution is 6.29. The van der Waals surface area contributed by atoms with E-state index < -0.39 is 23.1 Å². The zero-order valence-corrected chi connectivity index (χ0v) is 9.79. The predicted octanol–water partition coefficient (Wildman–Crippen LogP) is 1.59. The summed E-state index contributed by atoms with van der Waals surface area (Å²) in [6.07, 6.45) is -3.80. The van der Waals surface area contributed by atoms with Crippen molar-refractivity contribution in [1.82, 2.24) is 14.5 Å². The smallest absolute Gasteiger partial charge is 0.297 e. The Morgan fingerprint density at radius 1 is 1.26 bits per heavy atom. The Hall–Kier alpha value is -2.09. The molecule has 2 aromatic heterocycles. The molecule has 2 rings (SSSR count). The summed E-state index contributed by atoms with van der Waals surface area (Å²) in [5.41, 5.74) is -2.83. The van der Waals surface area contributed by atoms with Crippen LogP contribution >= 0.6 is 11.6 Å². The molecule has 100 valence electrons. The summed E-state index contributed by atoms with van der Waals surface area (Å²) < 4.78 is 37.6. The van der Waals surface area contributed by atoms with Gasteiger partial charge in [0.25, 0.3) is 5.56 Å². The maximum atomic E-state index is 12.3. The number of aromatic nitrogens is 3. The summed E-state index contributed by atoms with van der Waals surface area (Å²) in [5, 5.41) is -0.161. The fraction of sp³-hybridized carbons (Fsp3) is 0.100. The Morgan fingerprint density at radius 3 is 2.42 bits per heavy atom. The third-order valence-corrected chi connectivity index (χ3v) is 2.40. The van der Waals surface area contributed by atoms with Gasteiger partial charge in [-0.3, -0.25) is 9.78 Å². The van der Waals surface area contributed by atoms with Crippen LogP contribution in [0.2, 0.25) is 5.15 Å².